The number of hydrogen-bond acceptors (Lipinski definition) is 3. The Kier molecular flexibility index (Phi) is 5.23. The van der Waals surface area contributed by atoms with Crippen LogP contribution >= 0.6 is 11.6 Å². The number of nitrogens with zero attached hydrogens (tertiary/aromatic N) is 2. The first-order valence-corrected chi connectivity index (χ1v) is 8.56. The summed E-state index contributed by atoms with van der Waals surface area (Å²) in [5.74, 6) is 0.405. The summed E-state index contributed by atoms with van der Waals surface area (Å²) in [4.78, 5) is 27.4. The summed E-state index contributed by atoms with van der Waals surface area (Å²) in [7, 11) is 0. The molecule has 2 saturated heterocycles. The molecular weight excluding hydrogens is 335 g/mol. The van der Waals surface area contributed by atoms with Crippen LogP contribution in [0.25, 0.3) is 0 Å². The number of likely N-dealkylation sites (tertiary alicyclic amines) is 2. The highest BCUT2D eigenvalue weighted by Gasteiger charge is 2.36. The standard InChI is InChI=1S/C17H20ClFN2O3/c18-12-4-6-15(7-5-12)24-17(23)20-10-13(19)9-14(11-20)21-8-2-1-3-16(21)22/h4-7,13-14H,1-3,8-11H2/t13-,14?/m0/s1. The van der Waals surface area contributed by atoms with Gasteiger partial charge in [-0.05, 0) is 37.1 Å². The van der Waals surface area contributed by atoms with Gasteiger partial charge in [-0.3, -0.25) is 4.79 Å². The van der Waals surface area contributed by atoms with Gasteiger partial charge < -0.3 is 14.5 Å². The SMILES string of the molecule is O=C(Oc1ccc(Cl)cc1)N1CC(N2CCCCC2=O)C[C@H](F)C1. The Labute approximate surface area is 145 Å². The molecule has 0 bridgehead atoms. The van der Waals surface area contributed by atoms with Crippen molar-refractivity contribution in [3.05, 3.63) is 29.3 Å². The minimum atomic E-state index is -1.16. The number of amides is 2. The zero-order valence-corrected chi connectivity index (χ0v) is 14.0. The molecule has 130 valence electrons. The number of piperidine rings is 2. The molecule has 0 spiro atoms. The first-order chi connectivity index (χ1) is 11.5. The van der Waals surface area contributed by atoms with E-state index in [1.54, 1.807) is 29.2 Å². The maximum Gasteiger partial charge on any atom is 0.415 e. The third kappa shape index (κ3) is 3.98. The Morgan fingerprint density at radius 1 is 1.21 bits per heavy atom. The normalized spacial score (nSPS) is 24.8. The Morgan fingerprint density at radius 3 is 2.67 bits per heavy atom. The summed E-state index contributed by atoms with van der Waals surface area (Å²) in [6.45, 7) is 0.930. The van der Waals surface area contributed by atoms with Crippen LogP contribution in [0.2, 0.25) is 5.02 Å². The molecular formula is C17H20ClFN2O3. The van der Waals surface area contributed by atoms with E-state index in [1.165, 1.54) is 4.90 Å². The number of alkyl halides is 1. The number of ether oxygens (including phenoxy) is 1. The van der Waals surface area contributed by atoms with Crippen LogP contribution in [0.15, 0.2) is 24.3 Å². The Bertz CT molecular complexity index is 610. The highest BCUT2D eigenvalue weighted by atomic mass is 35.5. The monoisotopic (exact) mass is 354 g/mol. The van der Waals surface area contributed by atoms with E-state index in [2.05, 4.69) is 0 Å². The molecule has 0 N–H and O–H groups in total. The molecule has 2 heterocycles. The minimum absolute atomic E-state index is 0.00897. The van der Waals surface area contributed by atoms with Gasteiger partial charge >= 0.3 is 6.09 Å². The van der Waals surface area contributed by atoms with Gasteiger partial charge in [-0.2, -0.15) is 0 Å². The van der Waals surface area contributed by atoms with E-state index in [1.807, 2.05) is 0 Å². The largest absolute Gasteiger partial charge is 0.415 e. The molecule has 0 radical (unpaired) electrons. The summed E-state index contributed by atoms with van der Waals surface area (Å²) >= 11 is 5.80. The Balaban J connectivity index is 1.65. The number of rotatable bonds is 2. The predicted molar refractivity (Wildman–Crippen MR) is 87.9 cm³/mol. The molecule has 0 aromatic heterocycles. The first-order valence-electron chi connectivity index (χ1n) is 8.19. The van der Waals surface area contributed by atoms with Crippen LogP contribution in [0.5, 0.6) is 5.75 Å². The molecule has 2 atom stereocenters. The van der Waals surface area contributed by atoms with Crippen LogP contribution in [0.4, 0.5) is 9.18 Å². The molecule has 2 amide bonds. The lowest BCUT2D eigenvalue weighted by molar-refractivity contribution is -0.137. The van der Waals surface area contributed by atoms with E-state index in [0.717, 1.165) is 12.8 Å². The van der Waals surface area contributed by atoms with Crippen molar-refractivity contribution in [3.8, 4) is 5.75 Å². The van der Waals surface area contributed by atoms with Gasteiger partial charge in [0.1, 0.15) is 11.9 Å². The van der Waals surface area contributed by atoms with Crippen LogP contribution in [0, 0.1) is 0 Å². The third-order valence-corrected chi connectivity index (χ3v) is 4.71. The molecule has 7 heteroatoms. The van der Waals surface area contributed by atoms with Crippen LogP contribution < -0.4 is 4.74 Å². The molecule has 24 heavy (non-hydrogen) atoms. The van der Waals surface area contributed by atoms with Crippen molar-refractivity contribution in [1.29, 1.82) is 0 Å². The summed E-state index contributed by atoms with van der Waals surface area (Å²) in [5, 5.41) is 0.542. The molecule has 1 aromatic rings. The highest BCUT2D eigenvalue weighted by molar-refractivity contribution is 6.30. The number of benzene rings is 1. The van der Waals surface area contributed by atoms with Crippen LogP contribution in [0.1, 0.15) is 25.7 Å². The molecule has 1 unspecified atom stereocenters. The van der Waals surface area contributed by atoms with Gasteiger partial charge in [0, 0.05) is 31.0 Å². The van der Waals surface area contributed by atoms with Gasteiger partial charge in [-0.1, -0.05) is 11.6 Å². The molecule has 3 rings (SSSR count). The van der Waals surface area contributed by atoms with Crippen molar-refractivity contribution in [2.45, 2.75) is 37.9 Å². The summed E-state index contributed by atoms with van der Waals surface area (Å²) in [6.07, 6.45) is 0.821. The number of carbonyl (C=O) groups excluding carboxylic acids is 2. The van der Waals surface area contributed by atoms with Gasteiger partial charge in [-0.15, -0.1) is 0 Å². The second-order valence-electron chi connectivity index (χ2n) is 6.26. The summed E-state index contributed by atoms with van der Waals surface area (Å²) in [5.41, 5.74) is 0. The fourth-order valence-electron chi connectivity index (χ4n) is 3.27. The second-order valence-corrected chi connectivity index (χ2v) is 6.69. The molecule has 2 aliphatic heterocycles. The van der Waals surface area contributed by atoms with Gasteiger partial charge in [0.2, 0.25) is 5.91 Å². The van der Waals surface area contributed by atoms with Crippen molar-refractivity contribution >= 4 is 23.6 Å². The van der Waals surface area contributed by atoms with Crippen molar-refractivity contribution in [1.82, 2.24) is 9.80 Å². The van der Waals surface area contributed by atoms with E-state index < -0.39 is 12.3 Å². The average Bonchev–Trinajstić information content (AvgIpc) is 2.57. The smallest absolute Gasteiger partial charge is 0.410 e. The van der Waals surface area contributed by atoms with Crippen molar-refractivity contribution < 1.29 is 18.7 Å². The quantitative estimate of drug-likeness (QED) is 0.819. The third-order valence-electron chi connectivity index (χ3n) is 4.46. The number of carbonyl (C=O) groups is 2. The molecule has 0 saturated carbocycles. The minimum Gasteiger partial charge on any atom is -0.410 e. The molecule has 5 nitrogen and oxygen atoms in total. The Morgan fingerprint density at radius 2 is 1.96 bits per heavy atom. The summed E-state index contributed by atoms with van der Waals surface area (Å²) in [6, 6.07) is 6.13. The van der Waals surface area contributed by atoms with Crippen LogP contribution in [-0.2, 0) is 4.79 Å². The number of halogens is 2. The van der Waals surface area contributed by atoms with Crippen molar-refractivity contribution in [3.63, 3.8) is 0 Å². The van der Waals surface area contributed by atoms with Crippen molar-refractivity contribution in [2.75, 3.05) is 19.6 Å². The first kappa shape index (κ1) is 17.0. The van der Waals surface area contributed by atoms with E-state index >= 15 is 0 Å². The van der Waals surface area contributed by atoms with Gasteiger partial charge in [0.05, 0.1) is 12.6 Å². The maximum absolute atomic E-state index is 14.1. The van der Waals surface area contributed by atoms with E-state index in [0.29, 0.717) is 30.3 Å². The highest BCUT2D eigenvalue weighted by Crippen LogP contribution is 2.24. The average molecular weight is 355 g/mol. The molecule has 2 fully saturated rings. The fourth-order valence-corrected chi connectivity index (χ4v) is 3.39. The number of hydrogen-bond donors (Lipinski definition) is 0. The van der Waals surface area contributed by atoms with E-state index in [4.69, 9.17) is 16.3 Å². The lowest BCUT2D eigenvalue weighted by Crippen LogP contribution is -2.56. The molecule has 0 aliphatic carbocycles. The maximum atomic E-state index is 14.1. The zero-order valence-electron chi connectivity index (χ0n) is 13.3. The van der Waals surface area contributed by atoms with E-state index in [-0.39, 0.29) is 24.9 Å². The molecule has 2 aliphatic rings. The van der Waals surface area contributed by atoms with Gasteiger partial charge in [0.15, 0.2) is 0 Å². The topological polar surface area (TPSA) is 49.9 Å². The molecule has 1 aromatic carbocycles. The fraction of sp³-hybridized carbons (Fsp3) is 0.529. The zero-order chi connectivity index (χ0) is 17.1. The predicted octanol–water partition coefficient (Wildman–Crippen LogP) is 3.26. The van der Waals surface area contributed by atoms with Gasteiger partial charge in [-0.25, -0.2) is 9.18 Å². The lowest BCUT2D eigenvalue weighted by Gasteiger charge is -2.41. The lowest BCUT2D eigenvalue weighted by atomic mass is 9.99. The van der Waals surface area contributed by atoms with Crippen LogP contribution in [-0.4, -0.2) is 53.6 Å². The summed E-state index contributed by atoms with van der Waals surface area (Å²) < 4.78 is 19.4. The van der Waals surface area contributed by atoms with Crippen molar-refractivity contribution in [2.24, 2.45) is 0 Å². The Hall–Kier alpha value is -1.82. The van der Waals surface area contributed by atoms with Gasteiger partial charge in [0.25, 0.3) is 0 Å². The van der Waals surface area contributed by atoms with Crippen LogP contribution in [0.3, 0.4) is 0 Å². The van der Waals surface area contributed by atoms with E-state index in [9.17, 15) is 14.0 Å². The second kappa shape index (κ2) is 7.38.